The molecule has 4 heteroatoms. The predicted octanol–water partition coefficient (Wildman–Crippen LogP) is 3.35. The maximum Gasteiger partial charge on any atom is 0.261 e. The maximum absolute atomic E-state index is 13.4. The van der Waals surface area contributed by atoms with Gasteiger partial charge in [-0.05, 0) is 50.2 Å². The quantitative estimate of drug-likeness (QED) is 0.792. The molecule has 3 nitrogen and oxygen atoms in total. The molecule has 1 unspecified atom stereocenters. The molecule has 20 heavy (non-hydrogen) atoms. The van der Waals surface area contributed by atoms with Crippen molar-refractivity contribution in [3.8, 4) is 5.75 Å². The van der Waals surface area contributed by atoms with Crippen LogP contribution >= 0.6 is 7.37 Å². The highest BCUT2D eigenvalue weighted by atomic mass is 31.2. The van der Waals surface area contributed by atoms with Crippen LogP contribution in [-0.2, 0) is 9.09 Å². The standard InChI is InChI=1S/C16H19O3P/c1-13(2)19-20(17,15-7-5-4-6-8-15)16-11-9-14(18-3)10-12-16/h4-13H,1-3H3. The Morgan fingerprint density at radius 2 is 1.45 bits per heavy atom. The van der Waals surface area contributed by atoms with E-state index in [0.29, 0.717) is 10.6 Å². The molecule has 1 atom stereocenters. The van der Waals surface area contributed by atoms with Crippen LogP contribution in [0.5, 0.6) is 5.75 Å². The molecule has 0 amide bonds. The zero-order valence-corrected chi connectivity index (χ0v) is 12.8. The summed E-state index contributed by atoms with van der Waals surface area (Å²) in [5.41, 5.74) is 0. The van der Waals surface area contributed by atoms with Crippen LogP contribution in [0.3, 0.4) is 0 Å². The molecule has 2 aromatic carbocycles. The molecule has 0 aromatic heterocycles. The molecule has 106 valence electrons. The molecule has 0 spiro atoms. The third kappa shape index (κ3) is 3.12. The second kappa shape index (κ2) is 6.25. The lowest BCUT2D eigenvalue weighted by Crippen LogP contribution is -2.20. The Hall–Kier alpha value is -1.57. The third-order valence-electron chi connectivity index (χ3n) is 2.87. The fraction of sp³-hybridized carbons (Fsp3) is 0.250. The van der Waals surface area contributed by atoms with Gasteiger partial charge in [0.05, 0.1) is 13.2 Å². The summed E-state index contributed by atoms with van der Waals surface area (Å²) in [6.07, 6.45) is -0.122. The number of methoxy groups -OCH3 is 1. The minimum atomic E-state index is -3.07. The molecule has 0 saturated carbocycles. The van der Waals surface area contributed by atoms with E-state index in [1.807, 2.05) is 44.2 Å². The fourth-order valence-electron chi connectivity index (χ4n) is 1.97. The van der Waals surface area contributed by atoms with E-state index in [1.54, 1.807) is 31.4 Å². The number of benzene rings is 2. The van der Waals surface area contributed by atoms with Gasteiger partial charge in [0.15, 0.2) is 0 Å². The first-order chi connectivity index (χ1) is 9.56. The van der Waals surface area contributed by atoms with Crippen molar-refractivity contribution in [1.29, 1.82) is 0 Å². The Kier molecular flexibility index (Phi) is 4.64. The molecule has 0 aliphatic carbocycles. The Labute approximate surface area is 120 Å². The van der Waals surface area contributed by atoms with E-state index in [9.17, 15) is 4.57 Å². The SMILES string of the molecule is COc1ccc(P(=O)(OC(C)C)c2ccccc2)cc1. The van der Waals surface area contributed by atoms with Crippen LogP contribution in [0.4, 0.5) is 0 Å². The van der Waals surface area contributed by atoms with Gasteiger partial charge in [0.2, 0.25) is 0 Å². The van der Waals surface area contributed by atoms with Crippen LogP contribution in [0.25, 0.3) is 0 Å². The second-order valence-electron chi connectivity index (χ2n) is 4.74. The first-order valence-corrected chi connectivity index (χ1v) is 8.17. The van der Waals surface area contributed by atoms with E-state index >= 15 is 0 Å². The summed E-state index contributed by atoms with van der Waals surface area (Å²) in [7, 11) is -1.46. The molecule has 0 N–H and O–H groups in total. The predicted molar refractivity (Wildman–Crippen MR) is 82.5 cm³/mol. The van der Waals surface area contributed by atoms with Gasteiger partial charge in [0.25, 0.3) is 7.37 Å². The van der Waals surface area contributed by atoms with Gasteiger partial charge in [0.1, 0.15) is 5.75 Å². The van der Waals surface area contributed by atoms with E-state index in [-0.39, 0.29) is 6.10 Å². The van der Waals surface area contributed by atoms with Crippen molar-refractivity contribution in [1.82, 2.24) is 0 Å². The molecule has 0 radical (unpaired) electrons. The van der Waals surface area contributed by atoms with Gasteiger partial charge in [-0.2, -0.15) is 0 Å². The van der Waals surface area contributed by atoms with Crippen LogP contribution < -0.4 is 15.3 Å². The van der Waals surface area contributed by atoms with Crippen molar-refractivity contribution in [2.75, 3.05) is 7.11 Å². The van der Waals surface area contributed by atoms with Crippen molar-refractivity contribution in [2.24, 2.45) is 0 Å². The molecule has 0 saturated heterocycles. The Bertz CT molecular complexity index is 591. The van der Waals surface area contributed by atoms with Crippen molar-refractivity contribution < 1.29 is 13.8 Å². The van der Waals surface area contributed by atoms with E-state index in [0.717, 1.165) is 5.75 Å². The average molecular weight is 290 g/mol. The number of hydrogen-bond donors (Lipinski definition) is 0. The minimum absolute atomic E-state index is 0.122. The Morgan fingerprint density at radius 1 is 0.900 bits per heavy atom. The summed E-state index contributed by atoms with van der Waals surface area (Å²) < 4.78 is 24.3. The van der Waals surface area contributed by atoms with Crippen LogP contribution in [0.2, 0.25) is 0 Å². The van der Waals surface area contributed by atoms with E-state index in [2.05, 4.69) is 0 Å². The summed E-state index contributed by atoms with van der Waals surface area (Å²) in [6.45, 7) is 3.78. The van der Waals surface area contributed by atoms with Crippen molar-refractivity contribution in [2.45, 2.75) is 20.0 Å². The monoisotopic (exact) mass is 290 g/mol. The highest BCUT2D eigenvalue weighted by Gasteiger charge is 2.29. The van der Waals surface area contributed by atoms with Crippen LogP contribution in [0, 0.1) is 0 Å². The normalized spacial score (nSPS) is 14.0. The Morgan fingerprint density at radius 3 is 1.95 bits per heavy atom. The van der Waals surface area contributed by atoms with E-state index < -0.39 is 7.37 Å². The summed E-state index contributed by atoms with van der Waals surface area (Å²) in [6, 6.07) is 16.5. The van der Waals surface area contributed by atoms with Crippen molar-refractivity contribution in [3.05, 3.63) is 54.6 Å². The molecule has 0 heterocycles. The molecule has 0 bridgehead atoms. The van der Waals surface area contributed by atoms with Gasteiger partial charge < -0.3 is 9.26 Å². The van der Waals surface area contributed by atoms with Crippen LogP contribution in [0.15, 0.2) is 54.6 Å². The molecule has 2 aromatic rings. The smallest absolute Gasteiger partial charge is 0.261 e. The summed E-state index contributed by atoms with van der Waals surface area (Å²) in [5, 5.41) is 1.39. The molecule has 2 rings (SSSR count). The van der Waals surface area contributed by atoms with Gasteiger partial charge in [0, 0.05) is 10.6 Å². The van der Waals surface area contributed by atoms with Crippen LogP contribution in [0.1, 0.15) is 13.8 Å². The minimum Gasteiger partial charge on any atom is -0.497 e. The van der Waals surface area contributed by atoms with Crippen molar-refractivity contribution in [3.63, 3.8) is 0 Å². The molecule has 0 aliphatic rings. The van der Waals surface area contributed by atoms with Gasteiger partial charge in [-0.1, -0.05) is 18.2 Å². The van der Waals surface area contributed by atoms with Gasteiger partial charge in [-0.3, -0.25) is 4.57 Å². The summed E-state index contributed by atoms with van der Waals surface area (Å²) >= 11 is 0. The summed E-state index contributed by atoms with van der Waals surface area (Å²) in [4.78, 5) is 0. The van der Waals surface area contributed by atoms with Gasteiger partial charge in [-0.25, -0.2) is 0 Å². The van der Waals surface area contributed by atoms with Gasteiger partial charge in [-0.15, -0.1) is 0 Å². The lowest BCUT2D eigenvalue weighted by atomic mass is 10.3. The topological polar surface area (TPSA) is 35.5 Å². The largest absolute Gasteiger partial charge is 0.497 e. The average Bonchev–Trinajstić information content (AvgIpc) is 2.47. The van der Waals surface area contributed by atoms with Crippen LogP contribution in [-0.4, -0.2) is 13.2 Å². The summed E-state index contributed by atoms with van der Waals surface area (Å²) in [5.74, 6) is 0.734. The fourth-order valence-corrected chi connectivity index (χ4v) is 4.21. The lowest BCUT2D eigenvalue weighted by Gasteiger charge is -2.21. The first kappa shape index (κ1) is 14.8. The molecule has 0 fully saturated rings. The van der Waals surface area contributed by atoms with E-state index in [4.69, 9.17) is 9.26 Å². The zero-order valence-electron chi connectivity index (χ0n) is 11.9. The zero-order chi connectivity index (χ0) is 14.6. The van der Waals surface area contributed by atoms with Crippen molar-refractivity contribution >= 4 is 18.0 Å². The highest BCUT2D eigenvalue weighted by Crippen LogP contribution is 2.45. The van der Waals surface area contributed by atoms with Gasteiger partial charge >= 0.3 is 0 Å². The highest BCUT2D eigenvalue weighted by molar-refractivity contribution is 7.74. The molecular formula is C16H19O3P. The second-order valence-corrected chi connectivity index (χ2v) is 7.09. The Balaban J connectivity index is 2.49. The lowest BCUT2D eigenvalue weighted by molar-refractivity contribution is 0.254. The first-order valence-electron chi connectivity index (χ1n) is 6.55. The van der Waals surface area contributed by atoms with E-state index in [1.165, 1.54) is 0 Å². The number of hydrogen-bond acceptors (Lipinski definition) is 3. The molecule has 0 aliphatic heterocycles. The number of rotatable bonds is 5. The third-order valence-corrected chi connectivity index (χ3v) is 5.54. The maximum atomic E-state index is 13.4. The number of ether oxygens (including phenoxy) is 1. The molecular weight excluding hydrogens is 271 g/mol.